The average Bonchev–Trinajstić information content (AvgIpc) is 3.01. The SMILES string of the molecule is CCc1ccc(CNC(=O)N2CCCN(c3ncccc3C#N)CC2)s1. The Morgan fingerprint density at radius 1 is 1.27 bits per heavy atom. The van der Waals surface area contributed by atoms with E-state index in [1.807, 2.05) is 4.90 Å². The summed E-state index contributed by atoms with van der Waals surface area (Å²) in [4.78, 5) is 23.3. The van der Waals surface area contributed by atoms with Crippen LogP contribution in [0.3, 0.4) is 0 Å². The van der Waals surface area contributed by atoms with Crippen molar-refractivity contribution in [2.45, 2.75) is 26.3 Å². The lowest BCUT2D eigenvalue weighted by molar-refractivity contribution is 0.201. The molecule has 2 aromatic heterocycles. The molecule has 0 aliphatic carbocycles. The Bertz CT molecular complexity index is 797. The van der Waals surface area contributed by atoms with Gasteiger partial charge >= 0.3 is 6.03 Å². The molecule has 1 fully saturated rings. The van der Waals surface area contributed by atoms with E-state index in [4.69, 9.17) is 0 Å². The summed E-state index contributed by atoms with van der Waals surface area (Å²) in [6.07, 6.45) is 3.59. The number of amides is 2. The minimum absolute atomic E-state index is 0.0279. The predicted octanol–water partition coefficient (Wildman–Crippen LogP) is 3.00. The number of nitriles is 1. The smallest absolute Gasteiger partial charge is 0.317 e. The minimum Gasteiger partial charge on any atom is -0.354 e. The molecule has 1 saturated heterocycles. The fraction of sp³-hybridized carbons (Fsp3) is 0.421. The zero-order chi connectivity index (χ0) is 18.4. The highest BCUT2D eigenvalue weighted by atomic mass is 32.1. The van der Waals surface area contributed by atoms with Crippen molar-refractivity contribution in [3.63, 3.8) is 0 Å². The summed E-state index contributed by atoms with van der Waals surface area (Å²) in [6, 6.07) is 9.92. The van der Waals surface area contributed by atoms with Crippen molar-refractivity contribution >= 4 is 23.2 Å². The summed E-state index contributed by atoms with van der Waals surface area (Å²) < 4.78 is 0. The maximum absolute atomic E-state index is 12.5. The van der Waals surface area contributed by atoms with Gasteiger partial charge in [0.05, 0.1) is 12.1 Å². The van der Waals surface area contributed by atoms with Gasteiger partial charge in [-0.15, -0.1) is 11.3 Å². The number of urea groups is 1. The normalized spacial score (nSPS) is 14.6. The Hall–Kier alpha value is -2.59. The zero-order valence-electron chi connectivity index (χ0n) is 14.9. The van der Waals surface area contributed by atoms with Gasteiger partial charge in [0, 0.05) is 42.1 Å². The van der Waals surface area contributed by atoms with Crippen molar-refractivity contribution in [2.24, 2.45) is 0 Å². The Morgan fingerprint density at radius 2 is 2.12 bits per heavy atom. The third-order valence-electron chi connectivity index (χ3n) is 4.47. The highest BCUT2D eigenvalue weighted by Crippen LogP contribution is 2.19. The van der Waals surface area contributed by atoms with E-state index in [1.165, 1.54) is 9.75 Å². The van der Waals surface area contributed by atoms with Crippen LogP contribution in [0, 0.1) is 11.3 Å². The number of thiophene rings is 1. The molecule has 2 amide bonds. The number of carbonyl (C=O) groups excluding carboxylic acids is 1. The highest BCUT2D eigenvalue weighted by Gasteiger charge is 2.21. The summed E-state index contributed by atoms with van der Waals surface area (Å²) in [7, 11) is 0. The van der Waals surface area contributed by atoms with Crippen LogP contribution < -0.4 is 10.2 Å². The molecule has 3 heterocycles. The lowest BCUT2D eigenvalue weighted by atomic mass is 10.2. The van der Waals surface area contributed by atoms with E-state index in [0.717, 1.165) is 19.4 Å². The number of anilines is 1. The molecule has 0 bridgehead atoms. The van der Waals surface area contributed by atoms with Crippen LogP contribution in [0.2, 0.25) is 0 Å². The third-order valence-corrected chi connectivity index (χ3v) is 5.70. The maximum atomic E-state index is 12.5. The summed E-state index contributed by atoms with van der Waals surface area (Å²) >= 11 is 1.75. The number of aromatic nitrogens is 1. The Kier molecular flexibility index (Phi) is 6.08. The topological polar surface area (TPSA) is 72.3 Å². The van der Waals surface area contributed by atoms with Crippen LogP contribution in [0.4, 0.5) is 10.6 Å². The fourth-order valence-electron chi connectivity index (χ4n) is 3.05. The lowest BCUT2D eigenvalue weighted by Gasteiger charge is -2.23. The first-order valence-corrected chi connectivity index (χ1v) is 9.73. The van der Waals surface area contributed by atoms with Crippen LogP contribution in [0.5, 0.6) is 0 Å². The van der Waals surface area contributed by atoms with Gasteiger partial charge < -0.3 is 15.1 Å². The van der Waals surface area contributed by atoms with Gasteiger partial charge in [-0.25, -0.2) is 9.78 Å². The molecular formula is C19H23N5OS. The van der Waals surface area contributed by atoms with E-state index in [-0.39, 0.29) is 6.03 Å². The molecule has 1 N–H and O–H groups in total. The number of hydrogen-bond acceptors (Lipinski definition) is 5. The molecule has 7 heteroatoms. The van der Waals surface area contributed by atoms with Crippen LogP contribution in [-0.4, -0.2) is 42.1 Å². The number of carbonyl (C=O) groups is 1. The maximum Gasteiger partial charge on any atom is 0.317 e. The van der Waals surface area contributed by atoms with E-state index < -0.39 is 0 Å². The molecule has 1 aliphatic heterocycles. The van der Waals surface area contributed by atoms with Crippen molar-refractivity contribution in [3.8, 4) is 6.07 Å². The van der Waals surface area contributed by atoms with Gasteiger partial charge in [-0.2, -0.15) is 5.26 Å². The molecule has 2 aromatic rings. The second-order valence-electron chi connectivity index (χ2n) is 6.19. The first kappa shape index (κ1) is 18.2. The van der Waals surface area contributed by atoms with Crippen LogP contribution >= 0.6 is 11.3 Å². The van der Waals surface area contributed by atoms with Crippen LogP contribution in [0.15, 0.2) is 30.5 Å². The second-order valence-corrected chi connectivity index (χ2v) is 7.45. The standard InChI is InChI=1S/C19H23N5OS/c1-2-16-6-7-17(26-16)14-22-19(25)24-10-4-9-23(11-12-24)18-15(13-20)5-3-8-21-18/h3,5-8H,2,4,9-12,14H2,1H3,(H,22,25). The largest absolute Gasteiger partial charge is 0.354 e. The van der Waals surface area contributed by atoms with Gasteiger partial charge in [0.2, 0.25) is 0 Å². The molecule has 6 nitrogen and oxygen atoms in total. The molecule has 0 unspecified atom stereocenters. The van der Waals surface area contributed by atoms with Crippen molar-refractivity contribution in [3.05, 3.63) is 45.8 Å². The fourth-order valence-corrected chi connectivity index (χ4v) is 3.95. The Morgan fingerprint density at radius 3 is 2.88 bits per heavy atom. The molecule has 136 valence electrons. The zero-order valence-corrected chi connectivity index (χ0v) is 15.8. The van der Waals surface area contributed by atoms with Gasteiger partial charge in [-0.3, -0.25) is 0 Å². The van der Waals surface area contributed by atoms with Gasteiger partial charge in [0.15, 0.2) is 0 Å². The molecule has 1 aliphatic rings. The average molecular weight is 369 g/mol. The van der Waals surface area contributed by atoms with Crippen molar-refractivity contribution in [2.75, 3.05) is 31.1 Å². The number of nitrogens with zero attached hydrogens (tertiary/aromatic N) is 4. The number of hydrogen-bond donors (Lipinski definition) is 1. The summed E-state index contributed by atoms with van der Waals surface area (Å²) in [5, 5.41) is 12.3. The molecule has 0 atom stereocenters. The van der Waals surface area contributed by atoms with Crippen molar-refractivity contribution in [1.29, 1.82) is 5.26 Å². The van der Waals surface area contributed by atoms with Gasteiger partial charge in [0.1, 0.15) is 11.9 Å². The first-order valence-electron chi connectivity index (χ1n) is 8.91. The second kappa shape index (κ2) is 8.68. The highest BCUT2D eigenvalue weighted by molar-refractivity contribution is 7.11. The Labute approximate surface area is 158 Å². The van der Waals surface area contributed by atoms with Crippen molar-refractivity contribution in [1.82, 2.24) is 15.2 Å². The molecule has 0 aromatic carbocycles. The number of pyridine rings is 1. The number of nitrogens with one attached hydrogen (secondary N) is 1. The third kappa shape index (κ3) is 4.33. The predicted molar refractivity (Wildman–Crippen MR) is 103 cm³/mol. The van der Waals surface area contributed by atoms with Crippen molar-refractivity contribution < 1.29 is 4.79 Å². The monoisotopic (exact) mass is 369 g/mol. The quantitative estimate of drug-likeness (QED) is 0.899. The number of rotatable bonds is 4. The molecule has 0 saturated carbocycles. The molecular weight excluding hydrogens is 346 g/mol. The van der Waals surface area contributed by atoms with Gasteiger partial charge in [-0.05, 0) is 37.1 Å². The van der Waals surface area contributed by atoms with E-state index in [1.54, 1.807) is 29.7 Å². The van der Waals surface area contributed by atoms with Crippen LogP contribution in [0.1, 0.15) is 28.7 Å². The minimum atomic E-state index is -0.0279. The summed E-state index contributed by atoms with van der Waals surface area (Å²) in [5.41, 5.74) is 0.579. The van der Waals surface area contributed by atoms with Crippen LogP contribution in [-0.2, 0) is 13.0 Å². The molecule has 0 radical (unpaired) electrons. The van der Waals surface area contributed by atoms with E-state index in [0.29, 0.717) is 37.6 Å². The summed E-state index contributed by atoms with van der Waals surface area (Å²) in [6.45, 7) is 5.51. The first-order chi connectivity index (χ1) is 12.7. The lowest BCUT2D eigenvalue weighted by Crippen LogP contribution is -2.41. The molecule has 0 spiro atoms. The Balaban J connectivity index is 1.56. The van der Waals surface area contributed by atoms with E-state index in [2.05, 4.69) is 40.3 Å². The van der Waals surface area contributed by atoms with Gasteiger partial charge in [-0.1, -0.05) is 6.92 Å². The molecule has 26 heavy (non-hydrogen) atoms. The van der Waals surface area contributed by atoms with E-state index >= 15 is 0 Å². The van der Waals surface area contributed by atoms with Crippen LogP contribution in [0.25, 0.3) is 0 Å². The van der Waals surface area contributed by atoms with Gasteiger partial charge in [0.25, 0.3) is 0 Å². The number of aryl methyl sites for hydroxylation is 1. The molecule has 3 rings (SSSR count). The summed E-state index contributed by atoms with van der Waals surface area (Å²) in [5.74, 6) is 0.711. The van der Waals surface area contributed by atoms with E-state index in [9.17, 15) is 10.1 Å².